The fourth-order valence-electron chi connectivity index (χ4n) is 2.18. The van der Waals surface area contributed by atoms with E-state index in [0.29, 0.717) is 19.7 Å². The number of nitrogens with zero attached hydrogens (tertiary/aromatic N) is 1. The minimum absolute atomic E-state index is 0.00579. The van der Waals surface area contributed by atoms with Crippen LogP contribution in [0.15, 0.2) is 30.3 Å². The van der Waals surface area contributed by atoms with Gasteiger partial charge in [0, 0.05) is 12.0 Å². The largest absolute Gasteiger partial charge is 0.370 e. The predicted molar refractivity (Wildman–Crippen MR) is 71.2 cm³/mol. The Kier molecular flexibility index (Phi) is 3.71. The van der Waals surface area contributed by atoms with E-state index in [4.69, 9.17) is 4.74 Å². The van der Waals surface area contributed by atoms with E-state index >= 15 is 0 Å². The molecule has 1 saturated heterocycles. The van der Waals surface area contributed by atoms with Crippen LogP contribution in [-0.2, 0) is 9.53 Å². The molecule has 0 N–H and O–H groups in total. The first kappa shape index (κ1) is 13.1. The minimum atomic E-state index is -0.321. The zero-order valence-electron chi connectivity index (χ0n) is 11.3. The fraction of sp³-hybridized carbons (Fsp3) is 0.533. The molecule has 1 aliphatic rings. The van der Waals surface area contributed by atoms with Crippen LogP contribution in [0.1, 0.15) is 32.4 Å². The van der Waals surface area contributed by atoms with Gasteiger partial charge in [-0.2, -0.15) is 0 Å². The number of carbonyl (C=O) groups is 1. The first-order valence-corrected chi connectivity index (χ1v) is 6.44. The van der Waals surface area contributed by atoms with Crippen molar-refractivity contribution in [1.29, 1.82) is 0 Å². The van der Waals surface area contributed by atoms with E-state index in [9.17, 15) is 4.79 Å². The van der Waals surface area contributed by atoms with Gasteiger partial charge in [-0.1, -0.05) is 51.1 Å². The van der Waals surface area contributed by atoms with Crippen molar-refractivity contribution in [2.24, 2.45) is 5.41 Å². The molecule has 2 rings (SSSR count). The number of carbonyl (C=O) groups excluding carboxylic acids is 1. The van der Waals surface area contributed by atoms with Gasteiger partial charge in [-0.05, 0) is 5.56 Å². The standard InChI is InChI=1S/C15H21NO2/c1-15(2,3)14(17)16-9-10-18-13(11-16)12-7-5-4-6-8-12/h4-8,13H,9-11H2,1-3H3/t13-/m0/s1. The van der Waals surface area contributed by atoms with Gasteiger partial charge in [0.2, 0.25) is 5.91 Å². The molecule has 98 valence electrons. The van der Waals surface area contributed by atoms with Gasteiger partial charge < -0.3 is 9.64 Å². The molecule has 1 aliphatic heterocycles. The third-order valence-corrected chi connectivity index (χ3v) is 3.17. The molecule has 0 saturated carbocycles. The molecular formula is C15H21NO2. The van der Waals surface area contributed by atoms with E-state index in [0.717, 1.165) is 5.56 Å². The molecule has 1 amide bonds. The highest BCUT2D eigenvalue weighted by atomic mass is 16.5. The van der Waals surface area contributed by atoms with Crippen molar-refractivity contribution in [2.75, 3.05) is 19.7 Å². The smallest absolute Gasteiger partial charge is 0.228 e. The number of hydrogen-bond donors (Lipinski definition) is 0. The lowest BCUT2D eigenvalue weighted by molar-refractivity contribution is -0.147. The summed E-state index contributed by atoms with van der Waals surface area (Å²) in [4.78, 5) is 14.2. The zero-order chi connectivity index (χ0) is 13.2. The first-order chi connectivity index (χ1) is 8.48. The topological polar surface area (TPSA) is 29.5 Å². The summed E-state index contributed by atoms with van der Waals surface area (Å²) in [6.07, 6.45) is 0.00579. The SMILES string of the molecule is CC(C)(C)C(=O)N1CCO[C@H](c2ccccc2)C1. The lowest BCUT2D eigenvalue weighted by atomic mass is 9.94. The summed E-state index contributed by atoms with van der Waals surface area (Å²) in [7, 11) is 0. The molecule has 1 aromatic rings. The summed E-state index contributed by atoms with van der Waals surface area (Å²) in [6.45, 7) is 7.84. The molecule has 3 nitrogen and oxygen atoms in total. The van der Waals surface area contributed by atoms with Crippen LogP contribution in [0.2, 0.25) is 0 Å². The summed E-state index contributed by atoms with van der Waals surface area (Å²) >= 11 is 0. The van der Waals surface area contributed by atoms with Gasteiger partial charge in [0.25, 0.3) is 0 Å². The van der Waals surface area contributed by atoms with E-state index in [-0.39, 0.29) is 17.4 Å². The summed E-state index contributed by atoms with van der Waals surface area (Å²) < 4.78 is 5.76. The Hall–Kier alpha value is -1.35. The maximum Gasteiger partial charge on any atom is 0.228 e. The van der Waals surface area contributed by atoms with E-state index in [1.165, 1.54) is 0 Å². The Balaban J connectivity index is 2.08. The van der Waals surface area contributed by atoms with Gasteiger partial charge in [-0.15, -0.1) is 0 Å². The molecule has 1 heterocycles. The Bertz CT molecular complexity index is 408. The number of hydrogen-bond acceptors (Lipinski definition) is 2. The van der Waals surface area contributed by atoms with Crippen LogP contribution in [-0.4, -0.2) is 30.5 Å². The second-order valence-electron chi connectivity index (χ2n) is 5.77. The molecule has 0 bridgehead atoms. The first-order valence-electron chi connectivity index (χ1n) is 6.44. The summed E-state index contributed by atoms with van der Waals surface area (Å²) in [6, 6.07) is 10.1. The van der Waals surface area contributed by atoms with Gasteiger partial charge in [0.1, 0.15) is 6.10 Å². The van der Waals surface area contributed by atoms with Crippen molar-refractivity contribution in [3.8, 4) is 0 Å². The lowest BCUT2D eigenvalue weighted by Crippen LogP contribution is -2.46. The number of benzene rings is 1. The maximum atomic E-state index is 12.3. The zero-order valence-corrected chi connectivity index (χ0v) is 11.3. The molecule has 0 spiro atoms. The molecule has 1 fully saturated rings. The second-order valence-corrected chi connectivity index (χ2v) is 5.77. The Morgan fingerprint density at radius 3 is 2.56 bits per heavy atom. The number of amides is 1. The van der Waals surface area contributed by atoms with Gasteiger partial charge in [0.05, 0.1) is 13.2 Å². The third kappa shape index (κ3) is 2.91. The van der Waals surface area contributed by atoms with E-state index in [2.05, 4.69) is 12.1 Å². The fourth-order valence-corrected chi connectivity index (χ4v) is 2.18. The molecule has 1 aromatic carbocycles. The lowest BCUT2D eigenvalue weighted by Gasteiger charge is -2.36. The van der Waals surface area contributed by atoms with Crippen molar-refractivity contribution in [3.05, 3.63) is 35.9 Å². The molecule has 18 heavy (non-hydrogen) atoms. The summed E-state index contributed by atoms with van der Waals surface area (Å²) in [5.74, 6) is 0.201. The third-order valence-electron chi connectivity index (χ3n) is 3.17. The van der Waals surface area contributed by atoms with E-state index < -0.39 is 0 Å². The molecule has 0 aromatic heterocycles. The highest BCUT2D eigenvalue weighted by molar-refractivity contribution is 5.81. The maximum absolute atomic E-state index is 12.3. The second kappa shape index (κ2) is 5.11. The van der Waals surface area contributed by atoms with E-state index in [1.54, 1.807) is 0 Å². The molecule has 0 radical (unpaired) electrons. The van der Waals surface area contributed by atoms with Crippen molar-refractivity contribution in [2.45, 2.75) is 26.9 Å². The van der Waals surface area contributed by atoms with Crippen molar-refractivity contribution in [1.82, 2.24) is 4.90 Å². The normalized spacial score (nSPS) is 20.8. The van der Waals surface area contributed by atoms with Crippen LogP contribution in [0.25, 0.3) is 0 Å². The molecule has 0 unspecified atom stereocenters. The summed E-state index contributed by atoms with van der Waals surface area (Å²) in [5.41, 5.74) is 0.822. The summed E-state index contributed by atoms with van der Waals surface area (Å²) in [5, 5.41) is 0. The molecule has 1 atom stereocenters. The Morgan fingerprint density at radius 1 is 1.28 bits per heavy atom. The van der Waals surface area contributed by atoms with Crippen LogP contribution in [0.5, 0.6) is 0 Å². The molecule has 0 aliphatic carbocycles. The van der Waals surface area contributed by atoms with Crippen molar-refractivity contribution >= 4 is 5.91 Å². The Labute approximate surface area is 109 Å². The predicted octanol–water partition coefficient (Wildman–Crippen LogP) is 2.63. The van der Waals surface area contributed by atoms with Crippen LogP contribution < -0.4 is 0 Å². The monoisotopic (exact) mass is 247 g/mol. The van der Waals surface area contributed by atoms with Gasteiger partial charge in [0.15, 0.2) is 0 Å². The van der Waals surface area contributed by atoms with Crippen LogP contribution in [0.3, 0.4) is 0 Å². The van der Waals surface area contributed by atoms with Crippen LogP contribution >= 0.6 is 0 Å². The van der Waals surface area contributed by atoms with E-state index in [1.807, 2.05) is 43.9 Å². The van der Waals surface area contributed by atoms with Gasteiger partial charge >= 0.3 is 0 Å². The molecular weight excluding hydrogens is 226 g/mol. The van der Waals surface area contributed by atoms with Gasteiger partial charge in [-0.3, -0.25) is 4.79 Å². The van der Waals surface area contributed by atoms with Crippen LogP contribution in [0, 0.1) is 5.41 Å². The quantitative estimate of drug-likeness (QED) is 0.763. The Morgan fingerprint density at radius 2 is 1.94 bits per heavy atom. The van der Waals surface area contributed by atoms with Crippen molar-refractivity contribution in [3.63, 3.8) is 0 Å². The highest BCUT2D eigenvalue weighted by Gasteiger charge is 2.31. The van der Waals surface area contributed by atoms with Crippen LogP contribution in [0.4, 0.5) is 0 Å². The number of morpholine rings is 1. The average molecular weight is 247 g/mol. The van der Waals surface area contributed by atoms with Gasteiger partial charge in [-0.25, -0.2) is 0 Å². The van der Waals surface area contributed by atoms with Crippen molar-refractivity contribution < 1.29 is 9.53 Å². The average Bonchev–Trinajstić information content (AvgIpc) is 2.38. The number of rotatable bonds is 1. The number of ether oxygens (including phenoxy) is 1. The molecule has 3 heteroatoms. The minimum Gasteiger partial charge on any atom is -0.370 e. The highest BCUT2D eigenvalue weighted by Crippen LogP contribution is 2.25.